The molecule has 0 fully saturated rings. The number of rotatable bonds is 2. The molecule has 0 saturated heterocycles. The van der Waals surface area contributed by atoms with E-state index in [-0.39, 0.29) is 4.90 Å². The molecule has 1 aromatic rings. The van der Waals surface area contributed by atoms with E-state index in [2.05, 4.69) is 10.2 Å². The zero-order valence-corrected chi connectivity index (χ0v) is 8.26. The van der Waals surface area contributed by atoms with E-state index < -0.39 is 10.1 Å². The molecule has 0 unspecified atom stereocenters. The lowest BCUT2D eigenvalue weighted by atomic mass is 10.2. The maximum absolute atomic E-state index is 11.2. The molecule has 0 aliphatic carbocycles. The van der Waals surface area contributed by atoms with Crippen LogP contribution in [0.4, 0.5) is 0 Å². The molecule has 0 spiro atoms. The van der Waals surface area contributed by atoms with Crippen molar-refractivity contribution in [2.45, 2.75) is 18.7 Å². The first kappa shape index (κ1) is 10.2. The van der Waals surface area contributed by atoms with Crippen LogP contribution in [0.2, 0.25) is 0 Å². The van der Waals surface area contributed by atoms with Crippen molar-refractivity contribution in [1.29, 1.82) is 0 Å². The Balaban J connectivity index is 3.33. The van der Waals surface area contributed by atoms with Crippen LogP contribution in [0.5, 0.6) is 0 Å². The van der Waals surface area contributed by atoms with Crippen LogP contribution in [0.1, 0.15) is 11.1 Å². The fraction of sp³-hybridized carbons (Fsp3) is 0.250. The van der Waals surface area contributed by atoms with Gasteiger partial charge >= 0.3 is 10.1 Å². The minimum Gasteiger partial charge on any atom is -0.197 e. The maximum atomic E-state index is 11.2. The third-order valence-corrected chi connectivity index (χ3v) is 2.98. The Bertz CT molecular complexity index is 411. The van der Waals surface area contributed by atoms with Crippen molar-refractivity contribution < 1.29 is 12.7 Å². The minimum absolute atomic E-state index is 0.112. The van der Waals surface area contributed by atoms with Gasteiger partial charge in [-0.2, -0.15) is 18.6 Å². The van der Waals surface area contributed by atoms with Crippen molar-refractivity contribution in [3.63, 3.8) is 0 Å². The van der Waals surface area contributed by atoms with Crippen LogP contribution in [0.3, 0.4) is 0 Å². The molecule has 0 atom stereocenters. The van der Waals surface area contributed by atoms with E-state index in [1.165, 1.54) is 6.07 Å². The highest BCUT2D eigenvalue weighted by Crippen LogP contribution is 2.17. The van der Waals surface area contributed by atoms with Crippen molar-refractivity contribution in [3.8, 4) is 0 Å². The quantitative estimate of drug-likeness (QED) is 0.721. The monoisotopic (exact) mass is 201 g/mol. The number of aryl methyl sites for hydroxylation is 2. The van der Waals surface area contributed by atoms with E-state index in [4.69, 9.17) is 0 Å². The summed E-state index contributed by atoms with van der Waals surface area (Å²) in [6.45, 7) is 3.58. The average molecular weight is 201 g/mol. The molecule has 0 saturated carbocycles. The molecule has 0 aromatic heterocycles. The highest BCUT2D eigenvalue weighted by molar-refractivity contribution is 7.86. The Hall–Kier alpha value is -0.910. The van der Waals surface area contributed by atoms with Crippen molar-refractivity contribution in [2.75, 3.05) is 0 Å². The van der Waals surface area contributed by atoms with Crippen molar-refractivity contribution >= 4 is 10.1 Å². The Morgan fingerprint density at radius 3 is 2.38 bits per heavy atom. The molecule has 0 radical (unpaired) electrons. The summed E-state index contributed by atoms with van der Waals surface area (Å²) in [5.74, 6) is 4.66. The van der Waals surface area contributed by atoms with Gasteiger partial charge in [0.05, 0.1) is 4.90 Å². The number of benzene rings is 1. The molecular formula is C8H11NO3S. The second-order valence-corrected chi connectivity index (χ2v) is 4.36. The van der Waals surface area contributed by atoms with Crippen LogP contribution in [0.25, 0.3) is 0 Å². The lowest BCUT2D eigenvalue weighted by molar-refractivity contribution is 0.332. The van der Waals surface area contributed by atoms with Crippen LogP contribution in [-0.2, 0) is 14.4 Å². The molecule has 0 amide bonds. The van der Waals surface area contributed by atoms with Crippen LogP contribution < -0.4 is 5.90 Å². The van der Waals surface area contributed by atoms with Gasteiger partial charge in [-0.25, -0.2) is 0 Å². The lowest BCUT2D eigenvalue weighted by Gasteiger charge is -2.04. The predicted molar refractivity (Wildman–Crippen MR) is 48.4 cm³/mol. The fourth-order valence-corrected chi connectivity index (χ4v) is 1.92. The second kappa shape index (κ2) is 3.45. The Morgan fingerprint density at radius 1 is 1.31 bits per heavy atom. The van der Waals surface area contributed by atoms with Gasteiger partial charge in [0.2, 0.25) is 0 Å². The molecular weight excluding hydrogens is 190 g/mol. The third-order valence-electron chi connectivity index (χ3n) is 1.73. The van der Waals surface area contributed by atoms with E-state index >= 15 is 0 Å². The van der Waals surface area contributed by atoms with Gasteiger partial charge in [-0.1, -0.05) is 17.7 Å². The zero-order valence-electron chi connectivity index (χ0n) is 7.44. The summed E-state index contributed by atoms with van der Waals surface area (Å²) >= 11 is 0. The molecule has 4 nitrogen and oxygen atoms in total. The van der Waals surface area contributed by atoms with Gasteiger partial charge < -0.3 is 0 Å². The molecule has 0 heterocycles. The summed E-state index contributed by atoms with van der Waals surface area (Å²) in [7, 11) is -3.77. The molecule has 1 aromatic carbocycles. The van der Waals surface area contributed by atoms with Gasteiger partial charge in [0.15, 0.2) is 0 Å². The topological polar surface area (TPSA) is 69.4 Å². The maximum Gasteiger partial charge on any atom is 0.312 e. The van der Waals surface area contributed by atoms with E-state index in [0.29, 0.717) is 5.56 Å². The lowest BCUT2D eigenvalue weighted by Crippen LogP contribution is -2.12. The van der Waals surface area contributed by atoms with Crippen molar-refractivity contribution in [2.24, 2.45) is 5.90 Å². The Morgan fingerprint density at radius 2 is 1.92 bits per heavy atom. The van der Waals surface area contributed by atoms with Gasteiger partial charge in [0.1, 0.15) is 0 Å². The smallest absolute Gasteiger partial charge is 0.197 e. The van der Waals surface area contributed by atoms with Gasteiger partial charge in [0.25, 0.3) is 0 Å². The number of hydrogen-bond acceptors (Lipinski definition) is 4. The molecule has 0 bridgehead atoms. The average Bonchev–Trinajstić information content (AvgIpc) is 2.03. The van der Waals surface area contributed by atoms with Gasteiger partial charge in [-0.15, -0.1) is 0 Å². The summed E-state index contributed by atoms with van der Waals surface area (Å²) in [6, 6.07) is 4.93. The summed E-state index contributed by atoms with van der Waals surface area (Å²) in [5, 5.41) is 0. The SMILES string of the molecule is Cc1ccc(S(=O)(=O)ON)c(C)c1. The van der Waals surface area contributed by atoms with Gasteiger partial charge in [-0.05, 0) is 25.5 Å². The Labute approximate surface area is 77.4 Å². The summed E-state index contributed by atoms with van der Waals surface area (Å²) in [4.78, 5) is 0.112. The third kappa shape index (κ3) is 2.06. The van der Waals surface area contributed by atoms with Crippen LogP contribution in [-0.4, -0.2) is 8.42 Å². The van der Waals surface area contributed by atoms with Crippen molar-refractivity contribution in [3.05, 3.63) is 29.3 Å². The normalized spacial score (nSPS) is 11.6. The highest BCUT2D eigenvalue weighted by Gasteiger charge is 2.15. The summed E-state index contributed by atoms with van der Waals surface area (Å²) in [5.41, 5.74) is 1.62. The van der Waals surface area contributed by atoms with Crippen LogP contribution >= 0.6 is 0 Å². The first-order valence-corrected chi connectivity index (χ1v) is 5.09. The molecule has 2 N–H and O–H groups in total. The molecule has 72 valence electrons. The zero-order chi connectivity index (χ0) is 10.1. The van der Waals surface area contributed by atoms with E-state index in [0.717, 1.165) is 5.56 Å². The highest BCUT2D eigenvalue weighted by atomic mass is 32.2. The first-order valence-electron chi connectivity index (χ1n) is 3.68. The molecule has 13 heavy (non-hydrogen) atoms. The van der Waals surface area contributed by atoms with E-state index in [1.807, 2.05) is 6.92 Å². The first-order chi connectivity index (χ1) is 5.97. The number of nitrogens with two attached hydrogens (primary N) is 1. The van der Waals surface area contributed by atoms with E-state index in [9.17, 15) is 8.42 Å². The molecule has 1 rings (SSSR count). The predicted octanol–water partition coefficient (Wildman–Crippen LogP) is 0.882. The molecule has 0 aliphatic heterocycles. The molecule has 5 heteroatoms. The fourth-order valence-electron chi connectivity index (χ4n) is 1.13. The number of hydrogen-bond donors (Lipinski definition) is 1. The summed E-state index contributed by atoms with van der Waals surface area (Å²) in [6.07, 6.45) is 0. The van der Waals surface area contributed by atoms with Crippen molar-refractivity contribution in [1.82, 2.24) is 0 Å². The second-order valence-electron chi connectivity index (χ2n) is 2.82. The minimum atomic E-state index is -3.77. The molecule has 0 aliphatic rings. The van der Waals surface area contributed by atoms with Gasteiger partial charge in [0, 0.05) is 0 Å². The van der Waals surface area contributed by atoms with Crippen LogP contribution in [0.15, 0.2) is 23.1 Å². The largest absolute Gasteiger partial charge is 0.312 e. The van der Waals surface area contributed by atoms with Crippen LogP contribution in [0, 0.1) is 13.8 Å². The van der Waals surface area contributed by atoms with Gasteiger partial charge in [-0.3, -0.25) is 0 Å². The summed E-state index contributed by atoms with van der Waals surface area (Å²) < 4.78 is 26.3. The standard InChI is InChI=1S/C8H11NO3S/c1-6-3-4-8(7(2)5-6)13(10,11)12-9/h3-5H,9H2,1-2H3. The Kier molecular flexibility index (Phi) is 2.70. The van der Waals surface area contributed by atoms with E-state index in [1.54, 1.807) is 19.1 Å².